The molecule has 0 saturated carbocycles. The highest BCUT2D eigenvalue weighted by Gasteiger charge is 1.99. The number of ether oxygens (including phenoxy) is 2. The standard InChI is InChI=1S/C11H19NO3/c1-10-9-11(12-15-10)5-3-4-6-14-8-7-13-2/h9H,3-8H2,1-2H3. The van der Waals surface area contributed by atoms with Crippen molar-refractivity contribution in [2.24, 2.45) is 0 Å². The maximum Gasteiger partial charge on any atom is 0.133 e. The van der Waals surface area contributed by atoms with Crippen molar-refractivity contribution < 1.29 is 14.0 Å². The summed E-state index contributed by atoms with van der Waals surface area (Å²) in [6.07, 6.45) is 3.10. The normalized spacial score (nSPS) is 10.8. The Labute approximate surface area is 90.5 Å². The van der Waals surface area contributed by atoms with Crippen LogP contribution in [-0.2, 0) is 15.9 Å². The van der Waals surface area contributed by atoms with Crippen LogP contribution in [0.3, 0.4) is 0 Å². The van der Waals surface area contributed by atoms with Gasteiger partial charge in [-0.25, -0.2) is 0 Å². The second kappa shape index (κ2) is 7.43. The Morgan fingerprint density at radius 2 is 2.13 bits per heavy atom. The minimum absolute atomic E-state index is 0.669. The van der Waals surface area contributed by atoms with Gasteiger partial charge in [-0.15, -0.1) is 0 Å². The first-order chi connectivity index (χ1) is 7.33. The molecule has 0 radical (unpaired) electrons. The van der Waals surface area contributed by atoms with Crippen LogP contribution in [0.5, 0.6) is 0 Å². The first kappa shape index (κ1) is 12.2. The van der Waals surface area contributed by atoms with E-state index in [4.69, 9.17) is 14.0 Å². The van der Waals surface area contributed by atoms with Crippen LogP contribution in [0.2, 0.25) is 0 Å². The van der Waals surface area contributed by atoms with Crippen LogP contribution in [0.1, 0.15) is 24.3 Å². The number of methoxy groups -OCH3 is 1. The Kier molecular flexibility index (Phi) is 6.04. The maximum atomic E-state index is 5.35. The van der Waals surface area contributed by atoms with Gasteiger partial charge in [0.25, 0.3) is 0 Å². The molecule has 0 amide bonds. The van der Waals surface area contributed by atoms with E-state index in [-0.39, 0.29) is 0 Å². The summed E-state index contributed by atoms with van der Waals surface area (Å²) in [4.78, 5) is 0. The molecule has 0 spiro atoms. The minimum Gasteiger partial charge on any atom is -0.382 e. The molecule has 0 aliphatic carbocycles. The van der Waals surface area contributed by atoms with E-state index in [0.29, 0.717) is 13.2 Å². The second-order valence-corrected chi connectivity index (χ2v) is 3.49. The number of aryl methyl sites for hydroxylation is 2. The summed E-state index contributed by atoms with van der Waals surface area (Å²) in [7, 11) is 1.68. The molecule has 0 fully saturated rings. The number of hydrogen-bond acceptors (Lipinski definition) is 4. The maximum absolute atomic E-state index is 5.35. The Hall–Kier alpha value is -0.870. The van der Waals surface area contributed by atoms with E-state index >= 15 is 0 Å². The number of nitrogens with zero attached hydrogens (tertiary/aromatic N) is 1. The summed E-state index contributed by atoms with van der Waals surface area (Å²) < 4.78 is 15.2. The summed E-state index contributed by atoms with van der Waals surface area (Å²) in [5.41, 5.74) is 1.03. The molecule has 0 unspecified atom stereocenters. The molecule has 0 aliphatic rings. The van der Waals surface area contributed by atoms with Crippen LogP contribution in [0, 0.1) is 6.92 Å². The van der Waals surface area contributed by atoms with Crippen LogP contribution >= 0.6 is 0 Å². The van der Waals surface area contributed by atoms with Crippen LogP contribution < -0.4 is 0 Å². The minimum atomic E-state index is 0.669. The molecule has 0 saturated heterocycles. The zero-order valence-corrected chi connectivity index (χ0v) is 9.49. The van der Waals surface area contributed by atoms with Crippen LogP contribution in [0.4, 0.5) is 0 Å². The van der Waals surface area contributed by atoms with E-state index in [2.05, 4.69) is 5.16 Å². The van der Waals surface area contributed by atoms with E-state index in [1.807, 2.05) is 13.0 Å². The first-order valence-corrected chi connectivity index (χ1v) is 5.32. The number of rotatable bonds is 8. The fourth-order valence-corrected chi connectivity index (χ4v) is 1.29. The third-order valence-electron chi connectivity index (χ3n) is 2.08. The molecule has 4 nitrogen and oxygen atoms in total. The molecule has 0 N–H and O–H groups in total. The zero-order valence-electron chi connectivity index (χ0n) is 9.49. The smallest absolute Gasteiger partial charge is 0.133 e. The van der Waals surface area contributed by atoms with Gasteiger partial charge in [0.1, 0.15) is 5.76 Å². The summed E-state index contributed by atoms with van der Waals surface area (Å²) in [5, 5.41) is 3.93. The average Bonchev–Trinajstić information content (AvgIpc) is 2.63. The molecule has 1 heterocycles. The van der Waals surface area contributed by atoms with Crippen LogP contribution in [-0.4, -0.2) is 32.1 Å². The van der Waals surface area contributed by atoms with Crippen molar-refractivity contribution in [3.05, 3.63) is 17.5 Å². The van der Waals surface area contributed by atoms with Gasteiger partial charge in [-0.2, -0.15) is 0 Å². The summed E-state index contributed by atoms with van der Waals surface area (Å²) in [6.45, 7) is 4.05. The van der Waals surface area contributed by atoms with E-state index in [0.717, 1.165) is 37.3 Å². The summed E-state index contributed by atoms with van der Waals surface area (Å²) in [5.74, 6) is 0.876. The molecular formula is C11H19NO3. The van der Waals surface area contributed by atoms with Gasteiger partial charge < -0.3 is 14.0 Å². The zero-order chi connectivity index (χ0) is 10.9. The molecule has 1 aromatic heterocycles. The van der Waals surface area contributed by atoms with Crippen molar-refractivity contribution >= 4 is 0 Å². The molecule has 0 atom stereocenters. The lowest BCUT2D eigenvalue weighted by Gasteiger charge is -2.02. The molecule has 0 aromatic carbocycles. The highest BCUT2D eigenvalue weighted by atomic mass is 16.5. The molecule has 0 bridgehead atoms. The number of aromatic nitrogens is 1. The Bertz CT molecular complexity index is 260. The van der Waals surface area contributed by atoms with Crippen LogP contribution in [0.15, 0.2) is 10.6 Å². The van der Waals surface area contributed by atoms with Gasteiger partial charge in [0.15, 0.2) is 0 Å². The lowest BCUT2D eigenvalue weighted by atomic mass is 10.2. The third-order valence-corrected chi connectivity index (χ3v) is 2.08. The SMILES string of the molecule is COCCOCCCCc1cc(C)on1. The third kappa shape index (κ3) is 5.54. The van der Waals surface area contributed by atoms with E-state index in [1.54, 1.807) is 7.11 Å². The monoisotopic (exact) mass is 213 g/mol. The van der Waals surface area contributed by atoms with Gasteiger partial charge in [-0.3, -0.25) is 0 Å². The molecular weight excluding hydrogens is 194 g/mol. The summed E-state index contributed by atoms with van der Waals surface area (Å²) in [6, 6.07) is 1.98. The van der Waals surface area contributed by atoms with Crippen molar-refractivity contribution in [1.82, 2.24) is 5.16 Å². The topological polar surface area (TPSA) is 44.5 Å². The van der Waals surface area contributed by atoms with Crippen molar-refractivity contribution in [3.8, 4) is 0 Å². The molecule has 0 aliphatic heterocycles. The number of hydrogen-bond donors (Lipinski definition) is 0. The lowest BCUT2D eigenvalue weighted by Crippen LogP contribution is -2.03. The van der Waals surface area contributed by atoms with Crippen molar-refractivity contribution in [2.45, 2.75) is 26.2 Å². The fourth-order valence-electron chi connectivity index (χ4n) is 1.29. The molecule has 86 valence electrons. The number of unbranched alkanes of at least 4 members (excludes halogenated alkanes) is 1. The average molecular weight is 213 g/mol. The van der Waals surface area contributed by atoms with E-state index in [9.17, 15) is 0 Å². The van der Waals surface area contributed by atoms with Gasteiger partial charge in [0.05, 0.1) is 18.9 Å². The first-order valence-electron chi connectivity index (χ1n) is 5.32. The van der Waals surface area contributed by atoms with Crippen molar-refractivity contribution in [1.29, 1.82) is 0 Å². The summed E-state index contributed by atoms with van der Waals surface area (Å²) >= 11 is 0. The van der Waals surface area contributed by atoms with Gasteiger partial charge >= 0.3 is 0 Å². The van der Waals surface area contributed by atoms with E-state index < -0.39 is 0 Å². The molecule has 1 aromatic rings. The second-order valence-electron chi connectivity index (χ2n) is 3.49. The highest BCUT2D eigenvalue weighted by molar-refractivity contribution is 5.03. The predicted molar refractivity (Wildman–Crippen MR) is 56.9 cm³/mol. The van der Waals surface area contributed by atoms with Gasteiger partial charge in [0, 0.05) is 19.8 Å². The van der Waals surface area contributed by atoms with Gasteiger partial charge in [-0.1, -0.05) is 5.16 Å². The fraction of sp³-hybridized carbons (Fsp3) is 0.727. The molecule has 4 heteroatoms. The van der Waals surface area contributed by atoms with E-state index in [1.165, 1.54) is 0 Å². The van der Waals surface area contributed by atoms with Crippen LogP contribution in [0.25, 0.3) is 0 Å². The quantitative estimate of drug-likeness (QED) is 0.619. The largest absolute Gasteiger partial charge is 0.382 e. The van der Waals surface area contributed by atoms with Crippen molar-refractivity contribution in [3.63, 3.8) is 0 Å². The molecule has 15 heavy (non-hydrogen) atoms. The Morgan fingerprint density at radius 3 is 2.80 bits per heavy atom. The highest BCUT2D eigenvalue weighted by Crippen LogP contribution is 2.05. The predicted octanol–water partition coefficient (Wildman–Crippen LogP) is 1.97. The van der Waals surface area contributed by atoms with Gasteiger partial charge in [-0.05, 0) is 26.2 Å². The van der Waals surface area contributed by atoms with Crippen molar-refractivity contribution in [2.75, 3.05) is 26.9 Å². The molecule has 1 rings (SSSR count). The van der Waals surface area contributed by atoms with Gasteiger partial charge in [0.2, 0.25) is 0 Å². The Morgan fingerprint density at radius 1 is 1.27 bits per heavy atom. The Balaban J connectivity index is 1.93. The lowest BCUT2D eigenvalue weighted by molar-refractivity contribution is 0.0688.